The molecule has 1 fully saturated rings. The lowest BCUT2D eigenvalue weighted by Crippen LogP contribution is -2.42. The van der Waals surface area contributed by atoms with Crippen molar-refractivity contribution in [2.45, 2.75) is 13.0 Å². The van der Waals surface area contributed by atoms with Crippen LogP contribution in [0.3, 0.4) is 0 Å². The molecule has 114 valence electrons. The number of nitrogens with zero attached hydrogens (tertiary/aromatic N) is 2. The maximum absolute atomic E-state index is 11.9. The van der Waals surface area contributed by atoms with Crippen molar-refractivity contribution >= 4 is 11.8 Å². The molecule has 2 rings (SSSR count). The van der Waals surface area contributed by atoms with Crippen LogP contribution < -0.4 is 11.1 Å². The highest BCUT2D eigenvalue weighted by atomic mass is 16.5. The van der Waals surface area contributed by atoms with Crippen molar-refractivity contribution in [1.82, 2.24) is 15.2 Å². The number of carbonyl (C=O) groups excluding carboxylic acids is 2. The van der Waals surface area contributed by atoms with Crippen LogP contribution in [0.2, 0.25) is 0 Å². The molecule has 0 aromatic carbocycles. The normalized spacial score (nSPS) is 14.8. The molecule has 2 amide bonds. The number of ether oxygens (including phenoxy) is 1. The molecule has 0 aliphatic carbocycles. The van der Waals surface area contributed by atoms with Gasteiger partial charge >= 0.3 is 0 Å². The molecule has 1 saturated heterocycles. The summed E-state index contributed by atoms with van der Waals surface area (Å²) in [5, 5.41) is 2.73. The van der Waals surface area contributed by atoms with Crippen molar-refractivity contribution in [1.29, 1.82) is 0 Å². The van der Waals surface area contributed by atoms with Crippen LogP contribution in [-0.4, -0.2) is 54.5 Å². The second-order valence-corrected chi connectivity index (χ2v) is 4.74. The Kier molecular flexibility index (Phi) is 5.65. The van der Waals surface area contributed by atoms with Crippen LogP contribution in [0.25, 0.3) is 0 Å². The average molecular weight is 292 g/mol. The number of carbonyl (C=O) groups is 2. The van der Waals surface area contributed by atoms with Gasteiger partial charge in [0.05, 0.1) is 18.9 Å². The van der Waals surface area contributed by atoms with Gasteiger partial charge in [0.25, 0.3) is 5.91 Å². The van der Waals surface area contributed by atoms with E-state index in [2.05, 4.69) is 10.3 Å². The van der Waals surface area contributed by atoms with Crippen molar-refractivity contribution in [2.24, 2.45) is 5.73 Å². The summed E-state index contributed by atoms with van der Waals surface area (Å²) in [6.07, 6.45) is 1.84. The summed E-state index contributed by atoms with van der Waals surface area (Å²) in [5.41, 5.74) is 6.65. The Hall–Kier alpha value is -1.99. The van der Waals surface area contributed by atoms with Crippen molar-refractivity contribution in [3.05, 3.63) is 29.6 Å². The number of amides is 2. The van der Waals surface area contributed by atoms with E-state index in [0.29, 0.717) is 50.5 Å². The number of nitrogens with two attached hydrogens (primary N) is 1. The van der Waals surface area contributed by atoms with E-state index in [1.165, 1.54) is 0 Å². The van der Waals surface area contributed by atoms with E-state index in [0.717, 1.165) is 0 Å². The number of hydrogen-bond donors (Lipinski definition) is 2. The Balaban J connectivity index is 1.77. The third-order valence-corrected chi connectivity index (χ3v) is 3.28. The molecule has 2 heterocycles. The first-order valence-electron chi connectivity index (χ1n) is 6.99. The lowest BCUT2D eigenvalue weighted by Gasteiger charge is -2.26. The largest absolute Gasteiger partial charge is 0.378 e. The maximum Gasteiger partial charge on any atom is 0.251 e. The fourth-order valence-corrected chi connectivity index (χ4v) is 2.09. The van der Waals surface area contributed by atoms with Gasteiger partial charge in [-0.05, 0) is 12.1 Å². The maximum atomic E-state index is 11.9. The van der Waals surface area contributed by atoms with Crippen molar-refractivity contribution < 1.29 is 14.3 Å². The fraction of sp³-hybridized carbons (Fsp3) is 0.500. The zero-order valence-corrected chi connectivity index (χ0v) is 11.9. The first-order chi connectivity index (χ1) is 10.2. The van der Waals surface area contributed by atoms with E-state index < -0.39 is 0 Å². The van der Waals surface area contributed by atoms with Crippen LogP contribution in [0.4, 0.5) is 0 Å². The van der Waals surface area contributed by atoms with Gasteiger partial charge < -0.3 is 20.7 Å². The number of pyridine rings is 1. The smallest absolute Gasteiger partial charge is 0.251 e. The van der Waals surface area contributed by atoms with Crippen molar-refractivity contribution in [3.63, 3.8) is 0 Å². The summed E-state index contributed by atoms with van der Waals surface area (Å²) in [7, 11) is 0. The van der Waals surface area contributed by atoms with E-state index in [-0.39, 0.29) is 18.4 Å². The Morgan fingerprint density at radius 1 is 1.38 bits per heavy atom. The number of aromatic nitrogens is 1. The SMILES string of the molecule is NCc1cc(C(=O)NCCC(=O)N2CCOCC2)ccn1. The molecule has 0 saturated carbocycles. The summed E-state index contributed by atoms with van der Waals surface area (Å²) in [6, 6.07) is 3.28. The Morgan fingerprint density at radius 2 is 2.14 bits per heavy atom. The van der Waals surface area contributed by atoms with Gasteiger partial charge in [-0.3, -0.25) is 14.6 Å². The number of nitrogens with one attached hydrogen (secondary N) is 1. The molecular formula is C14H20N4O3. The monoisotopic (exact) mass is 292 g/mol. The van der Waals surface area contributed by atoms with Gasteiger partial charge in [-0.25, -0.2) is 0 Å². The minimum atomic E-state index is -0.220. The second-order valence-electron chi connectivity index (χ2n) is 4.74. The van der Waals surface area contributed by atoms with Gasteiger partial charge in [0.2, 0.25) is 5.91 Å². The summed E-state index contributed by atoms with van der Waals surface area (Å²) < 4.78 is 5.19. The quantitative estimate of drug-likeness (QED) is 0.764. The van der Waals surface area contributed by atoms with E-state index in [4.69, 9.17) is 10.5 Å². The third-order valence-electron chi connectivity index (χ3n) is 3.28. The first kappa shape index (κ1) is 15.4. The molecule has 0 spiro atoms. The molecule has 7 heteroatoms. The van der Waals surface area contributed by atoms with Gasteiger partial charge in [0.1, 0.15) is 0 Å². The Bertz CT molecular complexity index is 501. The van der Waals surface area contributed by atoms with E-state index in [9.17, 15) is 9.59 Å². The second kappa shape index (κ2) is 7.70. The topological polar surface area (TPSA) is 97.5 Å². The van der Waals surface area contributed by atoms with Crippen LogP contribution in [0.1, 0.15) is 22.5 Å². The van der Waals surface area contributed by atoms with Gasteiger partial charge in [-0.15, -0.1) is 0 Å². The molecule has 3 N–H and O–H groups in total. The molecule has 21 heavy (non-hydrogen) atoms. The third kappa shape index (κ3) is 4.51. The van der Waals surface area contributed by atoms with Crippen LogP contribution in [0, 0.1) is 0 Å². The number of hydrogen-bond acceptors (Lipinski definition) is 5. The Labute approximate surface area is 123 Å². The van der Waals surface area contributed by atoms with Crippen LogP contribution >= 0.6 is 0 Å². The zero-order valence-electron chi connectivity index (χ0n) is 11.9. The first-order valence-corrected chi connectivity index (χ1v) is 6.99. The molecule has 0 bridgehead atoms. The molecule has 1 aliphatic heterocycles. The lowest BCUT2D eigenvalue weighted by atomic mass is 10.2. The van der Waals surface area contributed by atoms with E-state index in [1.54, 1.807) is 23.2 Å². The zero-order chi connectivity index (χ0) is 15.1. The van der Waals surface area contributed by atoms with Crippen molar-refractivity contribution in [2.75, 3.05) is 32.8 Å². The highest BCUT2D eigenvalue weighted by Gasteiger charge is 2.16. The summed E-state index contributed by atoms with van der Waals surface area (Å²) in [5.74, 6) is -0.183. The average Bonchev–Trinajstić information content (AvgIpc) is 2.55. The van der Waals surface area contributed by atoms with Crippen LogP contribution in [0.15, 0.2) is 18.3 Å². The molecule has 1 aliphatic rings. The molecule has 7 nitrogen and oxygen atoms in total. The fourth-order valence-electron chi connectivity index (χ4n) is 2.09. The molecule has 0 unspecified atom stereocenters. The summed E-state index contributed by atoms with van der Waals surface area (Å²) >= 11 is 0. The molecule has 1 aromatic heterocycles. The minimum Gasteiger partial charge on any atom is -0.378 e. The highest BCUT2D eigenvalue weighted by molar-refractivity contribution is 5.94. The number of rotatable bonds is 5. The van der Waals surface area contributed by atoms with E-state index >= 15 is 0 Å². The van der Waals surface area contributed by atoms with Gasteiger partial charge in [0, 0.05) is 44.4 Å². The predicted octanol–water partition coefficient (Wildman–Crippen LogP) is -0.481. The van der Waals surface area contributed by atoms with Crippen molar-refractivity contribution in [3.8, 4) is 0 Å². The Morgan fingerprint density at radius 3 is 2.86 bits per heavy atom. The number of morpholine rings is 1. The standard InChI is InChI=1S/C14H20N4O3/c15-10-12-9-11(1-3-16-12)14(20)17-4-2-13(19)18-5-7-21-8-6-18/h1,3,9H,2,4-8,10,15H2,(H,17,20). The van der Waals surface area contributed by atoms with Crippen LogP contribution in [-0.2, 0) is 16.1 Å². The molecule has 0 radical (unpaired) electrons. The van der Waals surface area contributed by atoms with Gasteiger partial charge in [-0.1, -0.05) is 0 Å². The molecule has 1 aromatic rings. The molecule has 0 atom stereocenters. The van der Waals surface area contributed by atoms with Crippen LogP contribution in [0.5, 0.6) is 0 Å². The van der Waals surface area contributed by atoms with Gasteiger partial charge in [-0.2, -0.15) is 0 Å². The lowest BCUT2D eigenvalue weighted by molar-refractivity contribution is -0.135. The van der Waals surface area contributed by atoms with E-state index in [1.807, 2.05) is 0 Å². The summed E-state index contributed by atoms with van der Waals surface area (Å²) in [6.45, 7) is 3.01. The van der Waals surface area contributed by atoms with Gasteiger partial charge in [0.15, 0.2) is 0 Å². The minimum absolute atomic E-state index is 0.0379. The highest BCUT2D eigenvalue weighted by Crippen LogP contribution is 2.02. The summed E-state index contributed by atoms with van der Waals surface area (Å²) in [4.78, 5) is 29.6. The predicted molar refractivity (Wildman–Crippen MR) is 76.5 cm³/mol. The molecular weight excluding hydrogens is 272 g/mol.